The van der Waals surface area contributed by atoms with E-state index < -0.39 is 6.08 Å². The second-order valence-electron chi connectivity index (χ2n) is 7.38. The number of hydrogen-bond acceptors (Lipinski definition) is 6. The smallest absolute Gasteiger partial charge is 0.312 e. The number of halogens is 1. The van der Waals surface area contributed by atoms with Gasteiger partial charge in [-0.15, -0.1) is 0 Å². The Morgan fingerprint density at radius 1 is 1.00 bits per heavy atom. The lowest BCUT2D eigenvalue weighted by Crippen LogP contribution is -2.08. The second kappa shape index (κ2) is 7.62. The lowest BCUT2D eigenvalue weighted by Gasteiger charge is -2.10. The Morgan fingerprint density at radius 2 is 1.77 bits per heavy atom. The molecule has 8 heteroatoms. The average molecular weight is 404 g/mol. The van der Waals surface area contributed by atoms with Crippen LogP contribution in [0, 0.1) is 6.08 Å². The minimum atomic E-state index is -0.844. The summed E-state index contributed by atoms with van der Waals surface area (Å²) in [5.74, 6) is 2.01. The van der Waals surface area contributed by atoms with Gasteiger partial charge in [0.15, 0.2) is 11.5 Å². The fourth-order valence-electron chi connectivity index (χ4n) is 3.93. The quantitative estimate of drug-likeness (QED) is 0.444. The Labute approximate surface area is 172 Å². The minimum absolute atomic E-state index is 0.0703. The van der Waals surface area contributed by atoms with Crippen molar-refractivity contribution in [1.82, 2.24) is 19.7 Å². The van der Waals surface area contributed by atoms with Crippen LogP contribution in [0.5, 0.6) is 11.5 Å². The standard InChI is InChI=1S/C22H21FN6O/c23-22-26-19(24)18-20(28-29(21(18)27-22)15-8-4-5-9-15)25-14-7-6-12-17(13-14)30-16-10-2-1-3-11-16/h1-3,6-7,10-13,15H,4-5,8-9H2,(H,25,28)(H2,24,26,27). The van der Waals surface area contributed by atoms with Gasteiger partial charge in [0.2, 0.25) is 0 Å². The van der Waals surface area contributed by atoms with Crippen LogP contribution in [0.1, 0.15) is 31.7 Å². The van der Waals surface area contributed by atoms with Crippen LogP contribution in [0.4, 0.5) is 21.7 Å². The van der Waals surface area contributed by atoms with Crippen molar-refractivity contribution in [2.24, 2.45) is 0 Å². The summed E-state index contributed by atoms with van der Waals surface area (Å²) in [6.45, 7) is 0. The number of rotatable bonds is 5. The molecule has 0 radical (unpaired) electrons. The van der Waals surface area contributed by atoms with Crippen molar-refractivity contribution >= 4 is 28.4 Å². The zero-order valence-electron chi connectivity index (χ0n) is 16.3. The summed E-state index contributed by atoms with van der Waals surface area (Å²) in [5.41, 5.74) is 7.24. The summed E-state index contributed by atoms with van der Waals surface area (Å²) in [4.78, 5) is 7.69. The third-order valence-corrected chi connectivity index (χ3v) is 5.30. The van der Waals surface area contributed by atoms with Gasteiger partial charge in [-0.25, -0.2) is 4.68 Å². The first-order chi connectivity index (χ1) is 14.7. The third-order valence-electron chi connectivity index (χ3n) is 5.30. The highest BCUT2D eigenvalue weighted by Gasteiger charge is 2.25. The molecule has 2 aromatic carbocycles. The van der Waals surface area contributed by atoms with Gasteiger partial charge in [0.05, 0.1) is 6.04 Å². The van der Waals surface area contributed by atoms with Gasteiger partial charge in [0.25, 0.3) is 0 Å². The first kappa shape index (κ1) is 18.4. The second-order valence-corrected chi connectivity index (χ2v) is 7.38. The number of nitrogens with two attached hydrogens (primary N) is 1. The van der Waals surface area contributed by atoms with E-state index in [4.69, 9.17) is 15.6 Å². The number of nitrogens with one attached hydrogen (secondary N) is 1. The molecule has 3 N–H and O–H groups in total. The molecule has 0 bridgehead atoms. The largest absolute Gasteiger partial charge is 0.457 e. The summed E-state index contributed by atoms with van der Waals surface area (Å²) >= 11 is 0. The van der Waals surface area contributed by atoms with E-state index in [-0.39, 0.29) is 11.9 Å². The number of fused-ring (bicyclic) bond motifs is 1. The van der Waals surface area contributed by atoms with Gasteiger partial charge in [-0.2, -0.15) is 19.5 Å². The molecule has 0 aliphatic heterocycles. The fraction of sp³-hybridized carbons (Fsp3) is 0.227. The van der Waals surface area contributed by atoms with Gasteiger partial charge in [-0.05, 0) is 37.1 Å². The van der Waals surface area contributed by atoms with Crippen LogP contribution in [0.2, 0.25) is 0 Å². The highest BCUT2D eigenvalue weighted by atomic mass is 19.1. The number of aromatic nitrogens is 4. The van der Waals surface area contributed by atoms with Crippen molar-refractivity contribution in [3.8, 4) is 11.5 Å². The molecule has 2 heterocycles. The minimum Gasteiger partial charge on any atom is -0.457 e. The Morgan fingerprint density at radius 3 is 2.57 bits per heavy atom. The van der Waals surface area contributed by atoms with E-state index in [0.29, 0.717) is 22.6 Å². The molecule has 1 fully saturated rings. The van der Waals surface area contributed by atoms with Gasteiger partial charge in [0, 0.05) is 11.8 Å². The maximum Gasteiger partial charge on any atom is 0.312 e. The van der Waals surface area contributed by atoms with E-state index in [1.165, 1.54) is 0 Å². The first-order valence-electron chi connectivity index (χ1n) is 9.98. The van der Waals surface area contributed by atoms with E-state index in [1.807, 2.05) is 54.6 Å². The van der Waals surface area contributed by atoms with Crippen LogP contribution in [-0.2, 0) is 0 Å². The maximum absolute atomic E-state index is 13.9. The van der Waals surface area contributed by atoms with E-state index in [2.05, 4.69) is 15.3 Å². The van der Waals surface area contributed by atoms with Crippen LogP contribution in [-0.4, -0.2) is 19.7 Å². The van der Waals surface area contributed by atoms with Gasteiger partial charge in [-0.1, -0.05) is 37.1 Å². The molecular weight excluding hydrogens is 383 g/mol. The molecule has 0 amide bonds. The van der Waals surface area contributed by atoms with Crippen LogP contribution < -0.4 is 15.8 Å². The van der Waals surface area contributed by atoms with Crippen LogP contribution in [0.3, 0.4) is 0 Å². The molecule has 0 spiro atoms. The van der Waals surface area contributed by atoms with Crippen molar-refractivity contribution in [3.63, 3.8) is 0 Å². The molecule has 1 saturated carbocycles. The van der Waals surface area contributed by atoms with E-state index in [9.17, 15) is 4.39 Å². The molecule has 0 saturated heterocycles. The van der Waals surface area contributed by atoms with Gasteiger partial charge < -0.3 is 15.8 Å². The van der Waals surface area contributed by atoms with Crippen LogP contribution in [0.15, 0.2) is 54.6 Å². The molecule has 7 nitrogen and oxygen atoms in total. The van der Waals surface area contributed by atoms with Crippen LogP contribution >= 0.6 is 0 Å². The number of para-hydroxylation sites is 1. The molecule has 4 aromatic rings. The predicted molar refractivity (Wildman–Crippen MR) is 113 cm³/mol. The Hall–Kier alpha value is -3.68. The van der Waals surface area contributed by atoms with Gasteiger partial charge >= 0.3 is 6.08 Å². The normalized spacial score (nSPS) is 14.3. The highest BCUT2D eigenvalue weighted by Crippen LogP contribution is 2.36. The Balaban J connectivity index is 1.50. The molecular formula is C22H21FN6O. The molecule has 0 atom stereocenters. The molecule has 0 unspecified atom stereocenters. The molecule has 1 aliphatic rings. The van der Waals surface area contributed by atoms with Crippen molar-refractivity contribution in [2.45, 2.75) is 31.7 Å². The Kier molecular flexibility index (Phi) is 4.66. The summed E-state index contributed by atoms with van der Waals surface area (Å²) in [7, 11) is 0. The molecule has 5 rings (SSSR count). The number of benzene rings is 2. The zero-order valence-corrected chi connectivity index (χ0v) is 16.3. The molecule has 2 aromatic heterocycles. The van der Waals surface area contributed by atoms with Crippen LogP contribution in [0.25, 0.3) is 11.0 Å². The number of anilines is 3. The molecule has 30 heavy (non-hydrogen) atoms. The number of nitrogen functional groups attached to an aromatic ring is 1. The molecule has 152 valence electrons. The highest BCUT2D eigenvalue weighted by molar-refractivity contribution is 5.97. The first-order valence-corrected chi connectivity index (χ1v) is 9.98. The van der Waals surface area contributed by atoms with Crippen molar-refractivity contribution < 1.29 is 9.13 Å². The summed E-state index contributed by atoms with van der Waals surface area (Å²) in [6.07, 6.45) is 3.38. The lowest BCUT2D eigenvalue weighted by atomic mass is 10.2. The van der Waals surface area contributed by atoms with Gasteiger partial charge in [0.1, 0.15) is 22.7 Å². The summed E-state index contributed by atoms with van der Waals surface area (Å²) < 4.78 is 21.6. The zero-order chi connectivity index (χ0) is 20.5. The lowest BCUT2D eigenvalue weighted by molar-refractivity contribution is 0.473. The monoisotopic (exact) mass is 404 g/mol. The summed E-state index contributed by atoms with van der Waals surface area (Å²) in [6, 6.07) is 17.3. The van der Waals surface area contributed by atoms with E-state index in [1.54, 1.807) is 4.68 Å². The van der Waals surface area contributed by atoms with E-state index >= 15 is 0 Å². The Bertz CT molecular complexity index is 1190. The van der Waals surface area contributed by atoms with Crippen molar-refractivity contribution in [3.05, 3.63) is 60.7 Å². The van der Waals surface area contributed by atoms with Crippen molar-refractivity contribution in [2.75, 3.05) is 11.1 Å². The molecule has 1 aliphatic carbocycles. The average Bonchev–Trinajstić information content (AvgIpc) is 3.37. The third kappa shape index (κ3) is 3.52. The van der Waals surface area contributed by atoms with Crippen molar-refractivity contribution in [1.29, 1.82) is 0 Å². The number of nitrogens with zero attached hydrogens (tertiary/aromatic N) is 4. The number of hydrogen-bond donors (Lipinski definition) is 2. The van der Waals surface area contributed by atoms with E-state index in [0.717, 1.165) is 37.1 Å². The number of ether oxygens (including phenoxy) is 1. The summed E-state index contributed by atoms with van der Waals surface area (Å²) in [5, 5.41) is 8.51. The topological polar surface area (TPSA) is 90.9 Å². The van der Waals surface area contributed by atoms with Gasteiger partial charge in [-0.3, -0.25) is 0 Å². The SMILES string of the molecule is Nc1nc(F)nc2c1c(Nc1cccc(Oc3ccccc3)c1)nn2C1CCCC1. The maximum atomic E-state index is 13.9. The predicted octanol–water partition coefficient (Wildman–Crippen LogP) is 5.20. The fourth-order valence-corrected chi connectivity index (χ4v) is 3.93.